The smallest absolute Gasteiger partial charge is 0.301 e. The number of benzene rings is 2. The number of pyridine rings is 1. The number of hydrogen-bond acceptors (Lipinski definition) is 8. The van der Waals surface area contributed by atoms with Crippen LogP contribution in [0.3, 0.4) is 0 Å². The molecule has 6 rings (SSSR count). The van der Waals surface area contributed by atoms with Crippen LogP contribution in [0.4, 0.5) is 5.13 Å². The van der Waals surface area contributed by atoms with E-state index in [1.54, 1.807) is 66.1 Å². The normalized spacial score (nSPS) is 16.7. The fourth-order valence-corrected chi connectivity index (χ4v) is 7.21. The second kappa shape index (κ2) is 11.1. The summed E-state index contributed by atoms with van der Waals surface area (Å²) in [7, 11) is 0. The molecule has 1 aliphatic rings. The van der Waals surface area contributed by atoms with Gasteiger partial charge >= 0.3 is 5.91 Å². The van der Waals surface area contributed by atoms with Gasteiger partial charge in [0, 0.05) is 27.0 Å². The number of imidazole rings is 1. The molecule has 5 aromatic rings. The fraction of sp³-hybridized carbons (Fsp3) is 0.107. The van der Waals surface area contributed by atoms with Crippen LogP contribution < -0.4 is 4.90 Å². The van der Waals surface area contributed by atoms with Gasteiger partial charge in [-0.1, -0.05) is 82.2 Å². The van der Waals surface area contributed by atoms with E-state index in [0.717, 1.165) is 16.9 Å². The van der Waals surface area contributed by atoms with Gasteiger partial charge in [0.25, 0.3) is 5.78 Å². The molecule has 1 amide bonds. The summed E-state index contributed by atoms with van der Waals surface area (Å²) >= 11 is 21.0. The van der Waals surface area contributed by atoms with E-state index in [0.29, 0.717) is 47.8 Å². The van der Waals surface area contributed by atoms with E-state index in [-0.39, 0.29) is 16.5 Å². The van der Waals surface area contributed by atoms with Crippen LogP contribution in [0, 0.1) is 6.92 Å². The number of halogens is 3. The van der Waals surface area contributed by atoms with Crippen LogP contribution >= 0.6 is 57.9 Å². The first kappa shape index (κ1) is 27.7. The summed E-state index contributed by atoms with van der Waals surface area (Å²) in [5.41, 5.74) is 2.77. The maximum Gasteiger partial charge on any atom is 0.301 e. The van der Waals surface area contributed by atoms with Crippen molar-refractivity contribution in [2.24, 2.45) is 0 Å². The lowest BCUT2D eigenvalue weighted by Crippen LogP contribution is -2.29. The Labute approximate surface area is 257 Å². The summed E-state index contributed by atoms with van der Waals surface area (Å²) in [4.78, 5) is 32.9. The van der Waals surface area contributed by atoms with Gasteiger partial charge in [-0.2, -0.15) is 0 Å². The number of carbonyl (C=O) groups is 2. The van der Waals surface area contributed by atoms with Crippen molar-refractivity contribution < 1.29 is 14.7 Å². The molecule has 0 spiro atoms. The molecule has 41 heavy (non-hydrogen) atoms. The number of aromatic nitrogens is 4. The molecule has 2 aromatic carbocycles. The predicted molar refractivity (Wildman–Crippen MR) is 162 cm³/mol. The molecule has 1 fully saturated rings. The first-order valence-corrected chi connectivity index (χ1v) is 15.1. The second-order valence-electron chi connectivity index (χ2n) is 9.07. The van der Waals surface area contributed by atoms with Crippen LogP contribution in [0.2, 0.25) is 15.1 Å². The van der Waals surface area contributed by atoms with Crippen LogP contribution in [0.5, 0.6) is 0 Å². The highest BCUT2D eigenvalue weighted by Gasteiger charge is 2.48. The zero-order valence-electron chi connectivity index (χ0n) is 21.1. The summed E-state index contributed by atoms with van der Waals surface area (Å²) < 4.78 is 2.25. The second-order valence-corrected chi connectivity index (χ2v) is 12.5. The number of nitrogens with zero attached hydrogens (tertiary/aromatic N) is 5. The average molecular weight is 643 g/mol. The number of rotatable bonds is 6. The first-order valence-electron chi connectivity index (χ1n) is 12.1. The number of fused-ring (bicyclic) bond motifs is 1. The van der Waals surface area contributed by atoms with E-state index < -0.39 is 17.7 Å². The van der Waals surface area contributed by atoms with Crippen molar-refractivity contribution in [3.05, 3.63) is 110 Å². The van der Waals surface area contributed by atoms with Crippen molar-refractivity contribution in [2.45, 2.75) is 23.1 Å². The van der Waals surface area contributed by atoms with E-state index in [4.69, 9.17) is 34.8 Å². The SMILES string of the molecule is Cc1nc2ccccn2c1/C(O)=C1\C(=O)C(=O)N(c2nnc(SCc3ccc(Cl)cc3Cl)s2)C1c1ccc(Cl)cc1. The van der Waals surface area contributed by atoms with Gasteiger partial charge in [-0.15, -0.1) is 10.2 Å². The Kier molecular flexibility index (Phi) is 7.52. The summed E-state index contributed by atoms with van der Waals surface area (Å²) in [5, 5.41) is 21.9. The molecule has 8 nitrogen and oxygen atoms in total. The topological polar surface area (TPSA) is 101 Å². The van der Waals surface area contributed by atoms with Crippen molar-refractivity contribution in [3.63, 3.8) is 0 Å². The van der Waals surface area contributed by atoms with Gasteiger partial charge in [0.1, 0.15) is 11.3 Å². The fourth-order valence-electron chi connectivity index (χ4n) is 4.65. The van der Waals surface area contributed by atoms with Crippen molar-refractivity contribution in [3.8, 4) is 0 Å². The van der Waals surface area contributed by atoms with E-state index in [1.807, 2.05) is 12.1 Å². The van der Waals surface area contributed by atoms with Gasteiger partial charge in [0.05, 0.1) is 17.3 Å². The Balaban J connectivity index is 1.42. The summed E-state index contributed by atoms with van der Waals surface area (Å²) in [5.74, 6) is -1.51. The van der Waals surface area contributed by atoms with Crippen LogP contribution in [-0.2, 0) is 15.3 Å². The molecule has 206 valence electrons. The maximum atomic E-state index is 13.6. The third kappa shape index (κ3) is 5.11. The zero-order valence-corrected chi connectivity index (χ0v) is 25.0. The molecule has 1 atom stereocenters. The molecule has 1 aliphatic heterocycles. The Morgan fingerprint density at radius 3 is 2.54 bits per heavy atom. The van der Waals surface area contributed by atoms with Crippen LogP contribution in [0.25, 0.3) is 11.4 Å². The van der Waals surface area contributed by atoms with Crippen molar-refractivity contribution in [2.75, 3.05) is 4.90 Å². The number of thioether (sulfide) groups is 1. The molecule has 13 heteroatoms. The number of aliphatic hydroxyl groups excluding tert-OH is 1. The summed E-state index contributed by atoms with van der Waals surface area (Å²) in [6.45, 7) is 1.73. The number of ketones is 1. The quantitative estimate of drug-likeness (QED) is 0.0678. The minimum atomic E-state index is -0.975. The Morgan fingerprint density at radius 2 is 1.78 bits per heavy atom. The standard InChI is InChI=1S/C28H18Cl3N5O3S2/c1-14-22(35-11-3-2-4-20(35)32-14)24(37)21-23(15-5-8-17(29)9-6-15)36(26(39)25(21)38)27-33-34-28(41-27)40-13-16-7-10-18(30)12-19(16)31/h2-12,23,37H,13H2,1H3/b24-21+. The Morgan fingerprint density at radius 1 is 1.02 bits per heavy atom. The van der Waals surface area contributed by atoms with Gasteiger partial charge in [0.2, 0.25) is 5.13 Å². The number of hydrogen-bond donors (Lipinski definition) is 1. The molecule has 0 saturated carbocycles. The van der Waals surface area contributed by atoms with E-state index in [9.17, 15) is 14.7 Å². The highest BCUT2D eigenvalue weighted by molar-refractivity contribution is 8.00. The minimum absolute atomic E-state index is 0.0802. The van der Waals surface area contributed by atoms with Gasteiger partial charge in [-0.25, -0.2) is 4.98 Å². The van der Waals surface area contributed by atoms with Crippen molar-refractivity contribution in [1.82, 2.24) is 19.6 Å². The van der Waals surface area contributed by atoms with Gasteiger partial charge < -0.3 is 5.11 Å². The lowest BCUT2D eigenvalue weighted by Gasteiger charge is -2.22. The maximum absolute atomic E-state index is 13.6. The number of carbonyl (C=O) groups excluding carboxylic acids is 2. The molecule has 1 unspecified atom stereocenters. The molecule has 3 aromatic heterocycles. The molecule has 1 N–H and O–H groups in total. The third-order valence-electron chi connectivity index (χ3n) is 6.53. The number of aryl methyl sites for hydroxylation is 1. The monoisotopic (exact) mass is 641 g/mol. The van der Waals surface area contributed by atoms with Crippen molar-refractivity contribution in [1.29, 1.82) is 0 Å². The average Bonchev–Trinajstić information content (AvgIpc) is 3.62. The van der Waals surface area contributed by atoms with Crippen LogP contribution in [-0.4, -0.2) is 36.4 Å². The molecule has 0 aliphatic carbocycles. The van der Waals surface area contributed by atoms with Gasteiger partial charge in [-0.3, -0.25) is 18.9 Å². The summed E-state index contributed by atoms with van der Waals surface area (Å²) in [6, 6.07) is 16.4. The molecular formula is C28H18Cl3N5O3S2. The number of amides is 1. The highest BCUT2D eigenvalue weighted by Crippen LogP contribution is 2.44. The van der Waals surface area contributed by atoms with E-state index in [1.165, 1.54) is 16.7 Å². The summed E-state index contributed by atoms with van der Waals surface area (Å²) in [6.07, 6.45) is 1.74. The number of anilines is 1. The largest absolute Gasteiger partial charge is 0.505 e. The van der Waals surface area contributed by atoms with Crippen LogP contribution in [0.1, 0.15) is 28.6 Å². The third-order valence-corrected chi connectivity index (χ3v) is 9.47. The molecule has 0 bridgehead atoms. The minimum Gasteiger partial charge on any atom is -0.505 e. The van der Waals surface area contributed by atoms with Gasteiger partial charge in [0.15, 0.2) is 10.1 Å². The number of Topliss-reactive ketones (excluding diaryl/α,β-unsaturated/α-hetero) is 1. The lowest BCUT2D eigenvalue weighted by atomic mass is 9.96. The number of aliphatic hydroxyl groups is 1. The Bertz CT molecular complexity index is 1870. The molecule has 4 heterocycles. The zero-order chi connectivity index (χ0) is 28.8. The molecule has 1 saturated heterocycles. The predicted octanol–water partition coefficient (Wildman–Crippen LogP) is 7.37. The highest BCUT2D eigenvalue weighted by atomic mass is 35.5. The molecule has 0 radical (unpaired) electrons. The van der Waals surface area contributed by atoms with Crippen molar-refractivity contribution >= 4 is 86.1 Å². The lowest BCUT2D eigenvalue weighted by molar-refractivity contribution is -0.132. The molecular weight excluding hydrogens is 625 g/mol. The van der Waals surface area contributed by atoms with Crippen LogP contribution in [0.15, 0.2) is 76.8 Å². The Hall–Kier alpha value is -3.41. The first-order chi connectivity index (χ1) is 19.7. The van der Waals surface area contributed by atoms with Gasteiger partial charge in [-0.05, 0) is 54.4 Å². The van der Waals surface area contributed by atoms with E-state index in [2.05, 4.69) is 15.2 Å². The van der Waals surface area contributed by atoms with E-state index >= 15 is 0 Å².